The number of carbonyl (C=O) groups is 1. The van der Waals surface area contributed by atoms with Crippen molar-refractivity contribution >= 4 is 17.7 Å². The molecule has 28 heavy (non-hydrogen) atoms. The molecule has 1 N–H and O–H groups in total. The molecule has 1 amide bonds. The number of nitrogens with zero attached hydrogens (tertiary/aromatic N) is 2. The largest absolute Gasteiger partial charge is 0.331 e. The molecular weight excluding hydrogens is 366 g/mol. The van der Waals surface area contributed by atoms with E-state index in [-0.39, 0.29) is 6.04 Å². The fraction of sp³-hybridized carbons (Fsp3) is 0.435. The summed E-state index contributed by atoms with van der Waals surface area (Å²) in [6.07, 6.45) is 0.945. The molecule has 0 saturated carbocycles. The number of thioether (sulfide) groups is 1. The van der Waals surface area contributed by atoms with E-state index in [4.69, 9.17) is 0 Å². The molecule has 148 valence electrons. The number of nitrogens with one attached hydrogen (secondary N) is 1. The maximum Gasteiger partial charge on any atom is 0.240 e. The summed E-state index contributed by atoms with van der Waals surface area (Å²) >= 11 is 1.85. The van der Waals surface area contributed by atoms with Crippen molar-refractivity contribution < 1.29 is 4.79 Å². The van der Waals surface area contributed by atoms with Gasteiger partial charge in [0, 0.05) is 31.9 Å². The zero-order chi connectivity index (χ0) is 19.2. The topological polar surface area (TPSA) is 35.6 Å². The van der Waals surface area contributed by atoms with Crippen molar-refractivity contribution in [2.24, 2.45) is 5.92 Å². The molecule has 2 aliphatic rings. The molecule has 2 unspecified atom stereocenters. The molecule has 0 radical (unpaired) electrons. The van der Waals surface area contributed by atoms with Crippen LogP contribution < -0.4 is 5.32 Å². The minimum atomic E-state index is -0.000925. The third-order valence-electron chi connectivity index (χ3n) is 5.60. The molecule has 2 aliphatic heterocycles. The van der Waals surface area contributed by atoms with E-state index in [1.807, 2.05) is 16.7 Å². The normalized spacial score (nSPS) is 22.1. The average Bonchev–Trinajstić information content (AvgIpc) is 3.41. The summed E-state index contributed by atoms with van der Waals surface area (Å²) in [4.78, 5) is 17.2. The maximum atomic E-state index is 12.7. The van der Waals surface area contributed by atoms with Crippen molar-refractivity contribution in [1.82, 2.24) is 15.1 Å². The van der Waals surface area contributed by atoms with Crippen LogP contribution in [0.2, 0.25) is 0 Å². The molecule has 0 bridgehead atoms. The smallest absolute Gasteiger partial charge is 0.240 e. The van der Waals surface area contributed by atoms with Crippen molar-refractivity contribution in [3.8, 4) is 0 Å². The second kappa shape index (κ2) is 9.59. The highest BCUT2D eigenvalue weighted by molar-refractivity contribution is 7.99. The zero-order valence-corrected chi connectivity index (χ0v) is 17.1. The van der Waals surface area contributed by atoms with Gasteiger partial charge in [-0.2, -0.15) is 0 Å². The first-order valence-corrected chi connectivity index (χ1v) is 11.3. The monoisotopic (exact) mass is 395 g/mol. The van der Waals surface area contributed by atoms with Gasteiger partial charge in [0.1, 0.15) is 0 Å². The van der Waals surface area contributed by atoms with Gasteiger partial charge < -0.3 is 10.2 Å². The van der Waals surface area contributed by atoms with Crippen LogP contribution in [0.5, 0.6) is 0 Å². The Labute approximate surface area is 172 Å². The van der Waals surface area contributed by atoms with Crippen LogP contribution in [-0.4, -0.2) is 53.0 Å². The molecule has 0 aliphatic carbocycles. The first-order chi connectivity index (χ1) is 13.8. The van der Waals surface area contributed by atoms with E-state index < -0.39 is 0 Å². The quantitative estimate of drug-likeness (QED) is 0.781. The molecule has 2 aromatic rings. The predicted molar refractivity (Wildman–Crippen MR) is 116 cm³/mol. The van der Waals surface area contributed by atoms with Gasteiger partial charge in [-0.25, -0.2) is 0 Å². The lowest BCUT2D eigenvalue weighted by molar-refractivity contribution is -0.131. The van der Waals surface area contributed by atoms with E-state index >= 15 is 0 Å². The van der Waals surface area contributed by atoms with Gasteiger partial charge in [-0.05, 0) is 30.0 Å². The lowest BCUT2D eigenvalue weighted by atomic mass is 10.0. The Kier molecular flexibility index (Phi) is 6.68. The molecule has 2 atom stereocenters. The summed E-state index contributed by atoms with van der Waals surface area (Å²) in [5.74, 6) is 2.74. The van der Waals surface area contributed by atoms with Crippen LogP contribution in [0.15, 0.2) is 60.7 Å². The lowest BCUT2D eigenvalue weighted by Crippen LogP contribution is -2.42. The second-order valence-corrected chi connectivity index (χ2v) is 8.92. The molecule has 4 rings (SSSR count). The first-order valence-electron chi connectivity index (χ1n) is 10.2. The van der Waals surface area contributed by atoms with Crippen LogP contribution in [-0.2, 0) is 17.9 Å². The van der Waals surface area contributed by atoms with E-state index in [0.717, 1.165) is 50.8 Å². The van der Waals surface area contributed by atoms with Crippen LogP contribution in [0.1, 0.15) is 17.5 Å². The fourth-order valence-corrected chi connectivity index (χ4v) is 5.13. The molecule has 2 fully saturated rings. The average molecular weight is 396 g/mol. The zero-order valence-electron chi connectivity index (χ0n) is 16.3. The van der Waals surface area contributed by atoms with Crippen LogP contribution in [0.25, 0.3) is 0 Å². The van der Waals surface area contributed by atoms with Crippen molar-refractivity contribution in [3.05, 3.63) is 71.8 Å². The summed E-state index contributed by atoms with van der Waals surface area (Å²) in [6, 6.07) is 21.4. The van der Waals surface area contributed by atoms with Crippen LogP contribution in [0.4, 0.5) is 0 Å². The Morgan fingerprint density at radius 2 is 1.68 bits per heavy atom. The van der Waals surface area contributed by atoms with Gasteiger partial charge in [-0.15, -0.1) is 11.8 Å². The lowest BCUT2D eigenvalue weighted by Gasteiger charge is -2.26. The Morgan fingerprint density at radius 3 is 2.25 bits per heavy atom. The summed E-state index contributed by atoms with van der Waals surface area (Å²) in [7, 11) is 0. The van der Waals surface area contributed by atoms with Crippen LogP contribution >= 0.6 is 11.8 Å². The SMILES string of the molecule is O=C(C1CC(CN(Cc2ccccc2)Cc2ccccc2)CN1)N1CCSC1. The summed E-state index contributed by atoms with van der Waals surface area (Å²) in [5, 5.41) is 3.49. The van der Waals surface area contributed by atoms with E-state index in [1.54, 1.807) is 0 Å². The summed E-state index contributed by atoms with van der Waals surface area (Å²) in [5.41, 5.74) is 2.68. The Balaban J connectivity index is 1.38. The Bertz CT molecular complexity index is 707. The van der Waals surface area contributed by atoms with E-state index in [1.165, 1.54) is 11.1 Å². The molecule has 2 heterocycles. The first kappa shape index (κ1) is 19.5. The Morgan fingerprint density at radius 1 is 1.04 bits per heavy atom. The van der Waals surface area contributed by atoms with E-state index in [9.17, 15) is 4.79 Å². The number of benzene rings is 2. The molecule has 0 aromatic heterocycles. The van der Waals surface area contributed by atoms with Gasteiger partial charge in [0.25, 0.3) is 0 Å². The number of carbonyl (C=O) groups excluding carboxylic acids is 1. The molecule has 2 saturated heterocycles. The predicted octanol–water partition coefficient (Wildman–Crippen LogP) is 3.20. The highest BCUT2D eigenvalue weighted by Gasteiger charge is 2.34. The van der Waals surface area contributed by atoms with Crippen molar-refractivity contribution in [1.29, 1.82) is 0 Å². The van der Waals surface area contributed by atoms with Crippen LogP contribution in [0, 0.1) is 5.92 Å². The highest BCUT2D eigenvalue weighted by Crippen LogP contribution is 2.22. The van der Waals surface area contributed by atoms with E-state index in [0.29, 0.717) is 11.8 Å². The number of hydrogen-bond acceptors (Lipinski definition) is 4. The minimum absolute atomic E-state index is 0.000925. The summed E-state index contributed by atoms with van der Waals surface area (Å²) in [6.45, 7) is 4.72. The van der Waals surface area contributed by atoms with Gasteiger partial charge >= 0.3 is 0 Å². The third kappa shape index (κ3) is 5.16. The molecule has 4 nitrogen and oxygen atoms in total. The minimum Gasteiger partial charge on any atom is -0.331 e. The van der Waals surface area contributed by atoms with Gasteiger partial charge in [0.15, 0.2) is 0 Å². The van der Waals surface area contributed by atoms with Gasteiger partial charge in [0.05, 0.1) is 11.9 Å². The second-order valence-electron chi connectivity index (χ2n) is 7.84. The van der Waals surface area contributed by atoms with Gasteiger partial charge in [-0.1, -0.05) is 60.7 Å². The maximum absolute atomic E-state index is 12.7. The van der Waals surface area contributed by atoms with Crippen molar-refractivity contribution in [2.75, 3.05) is 31.3 Å². The van der Waals surface area contributed by atoms with Crippen molar-refractivity contribution in [2.45, 2.75) is 25.6 Å². The number of rotatable bonds is 7. The molecule has 0 spiro atoms. The Hall–Kier alpha value is -1.82. The van der Waals surface area contributed by atoms with Gasteiger partial charge in [0.2, 0.25) is 5.91 Å². The van der Waals surface area contributed by atoms with E-state index in [2.05, 4.69) is 70.9 Å². The third-order valence-corrected chi connectivity index (χ3v) is 6.56. The molecule has 2 aromatic carbocycles. The van der Waals surface area contributed by atoms with Crippen molar-refractivity contribution in [3.63, 3.8) is 0 Å². The summed E-state index contributed by atoms with van der Waals surface area (Å²) < 4.78 is 0. The number of amides is 1. The van der Waals surface area contributed by atoms with Crippen LogP contribution in [0.3, 0.4) is 0 Å². The highest BCUT2D eigenvalue weighted by atomic mass is 32.2. The van der Waals surface area contributed by atoms with Gasteiger partial charge in [-0.3, -0.25) is 9.69 Å². The fourth-order valence-electron chi connectivity index (χ4n) is 4.18. The standard InChI is InChI=1S/C23H29N3OS/c27-23(26-11-12-28-18-26)22-13-21(14-24-22)17-25(15-19-7-3-1-4-8-19)16-20-9-5-2-6-10-20/h1-10,21-22,24H,11-18H2. The molecular formula is C23H29N3OS. The number of hydrogen-bond donors (Lipinski definition) is 1. The molecule has 5 heteroatoms.